The number of alkyl halides is 3. The molecule has 0 radical (unpaired) electrons. The summed E-state index contributed by atoms with van der Waals surface area (Å²) >= 11 is 0. The van der Waals surface area contributed by atoms with Crippen molar-refractivity contribution in [3.63, 3.8) is 0 Å². The van der Waals surface area contributed by atoms with Crippen molar-refractivity contribution in [1.29, 1.82) is 0 Å². The number of aromatic nitrogens is 2. The summed E-state index contributed by atoms with van der Waals surface area (Å²) < 4.78 is 62.7. The molecule has 1 aromatic carbocycles. The Kier molecular flexibility index (Phi) is 4.83. The van der Waals surface area contributed by atoms with Crippen LogP contribution in [0.2, 0.25) is 0 Å². The van der Waals surface area contributed by atoms with Gasteiger partial charge >= 0.3 is 11.9 Å². The zero-order chi connectivity index (χ0) is 22.0. The van der Waals surface area contributed by atoms with E-state index in [1.54, 1.807) is 0 Å². The van der Waals surface area contributed by atoms with Gasteiger partial charge in [0.1, 0.15) is 11.2 Å². The van der Waals surface area contributed by atoms with Crippen molar-refractivity contribution in [1.82, 2.24) is 9.55 Å². The Balaban J connectivity index is 2.00. The van der Waals surface area contributed by atoms with Gasteiger partial charge in [0, 0.05) is 30.6 Å². The number of fused-ring (bicyclic) bond motifs is 1. The normalized spacial score (nSPS) is 22.2. The van der Waals surface area contributed by atoms with Crippen LogP contribution >= 0.6 is 0 Å². The quantitative estimate of drug-likeness (QED) is 0.725. The maximum atomic E-state index is 15.4. The summed E-state index contributed by atoms with van der Waals surface area (Å²) in [4.78, 5) is 28.4. The Morgan fingerprint density at radius 1 is 1.23 bits per heavy atom. The molecule has 1 aliphatic carbocycles. The van der Waals surface area contributed by atoms with Crippen LogP contribution in [0.1, 0.15) is 24.4 Å². The number of aromatic amines is 1. The third kappa shape index (κ3) is 3.06. The fourth-order valence-corrected chi connectivity index (χ4v) is 4.44. The average Bonchev–Trinajstić information content (AvgIpc) is 3.40. The first-order valence-electron chi connectivity index (χ1n) is 9.66. The fraction of sp³-hybridized carbons (Fsp3) is 0.579. The first-order chi connectivity index (χ1) is 14.1. The first kappa shape index (κ1) is 20.7. The third-order valence-corrected chi connectivity index (χ3v) is 6.08. The monoisotopic (exact) mass is 430 g/mol. The molecule has 1 aliphatic heterocycles. The second kappa shape index (κ2) is 7.00. The molecule has 2 aliphatic rings. The molecule has 0 amide bonds. The van der Waals surface area contributed by atoms with Crippen LogP contribution in [0.25, 0.3) is 10.9 Å². The van der Waals surface area contributed by atoms with Crippen molar-refractivity contribution in [3.05, 3.63) is 32.2 Å². The summed E-state index contributed by atoms with van der Waals surface area (Å²) in [6.07, 6.45) is -3.09. The third-order valence-electron chi connectivity index (χ3n) is 6.08. The van der Waals surface area contributed by atoms with Crippen LogP contribution in [0.15, 0.2) is 9.59 Å². The maximum Gasteiger partial charge on any atom is 0.393 e. The number of halogens is 4. The molecule has 1 aromatic heterocycles. The van der Waals surface area contributed by atoms with E-state index >= 15 is 4.39 Å². The molecule has 11 heteroatoms. The molecule has 164 valence electrons. The van der Waals surface area contributed by atoms with E-state index in [-0.39, 0.29) is 47.0 Å². The van der Waals surface area contributed by atoms with Crippen LogP contribution in [0.3, 0.4) is 0 Å². The summed E-state index contributed by atoms with van der Waals surface area (Å²) in [5.41, 5.74) is 4.04. The van der Waals surface area contributed by atoms with Gasteiger partial charge < -0.3 is 15.4 Å². The predicted octanol–water partition coefficient (Wildman–Crippen LogP) is 2.05. The predicted molar refractivity (Wildman–Crippen MR) is 103 cm³/mol. The fourth-order valence-electron chi connectivity index (χ4n) is 4.44. The Bertz CT molecular complexity index is 1120. The van der Waals surface area contributed by atoms with E-state index in [1.165, 1.54) is 23.5 Å². The van der Waals surface area contributed by atoms with Crippen molar-refractivity contribution in [3.8, 4) is 5.75 Å². The number of nitrogens with two attached hydrogens (primary N) is 1. The van der Waals surface area contributed by atoms with Gasteiger partial charge in [-0.3, -0.25) is 14.3 Å². The summed E-state index contributed by atoms with van der Waals surface area (Å²) in [6, 6.07) is -0.179. The largest absolute Gasteiger partial charge is 0.492 e. The SMILES string of the molecule is COc1c(N2CC(CN)C(C(F)(F)F)C2)c(F)c(C)c2c(=O)[nH]c(=O)n(C3CC3)c12. The van der Waals surface area contributed by atoms with Crippen molar-refractivity contribution >= 4 is 16.6 Å². The Labute approximate surface area is 168 Å². The second-order valence-corrected chi connectivity index (χ2v) is 7.95. The minimum Gasteiger partial charge on any atom is -0.492 e. The number of hydrogen-bond donors (Lipinski definition) is 2. The lowest BCUT2D eigenvalue weighted by Gasteiger charge is -2.25. The molecule has 7 nitrogen and oxygen atoms in total. The topological polar surface area (TPSA) is 93.3 Å². The second-order valence-electron chi connectivity index (χ2n) is 7.95. The average molecular weight is 430 g/mol. The van der Waals surface area contributed by atoms with Crippen LogP contribution in [0.5, 0.6) is 5.75 Å². The highest BCUT2D eigenvalue weighted by molar-refractivity contribution is 5.93. The van der Waals surface area contributed by atoms with Crippen LogP contribution in [0, 0.1) is 24.6 Å². The molecule has 2 heterocycles. The Morgan fingerprint density at radius 3 is 2.40 bits per heavy atom. The lowest BCUT2D eigenvalue weighted by atomic mass is 9.96. The minimum atomic E-state index is -4.48. The van der Waals surface area contributed by atoms with Crippen molar-refractivity contribution < 1.29 is 22.3 Å². The van der Waals surface area contributed by atoms with E-state index in [4.69, 9.17) is 10.5 Å². The highest BCUT2D eigenvalue weighted by Gasteiger charge is 2.50. The van der Waals surface area contributed by atoms with Crippen LogP contribution in [0.4, 0.5) is 23.2 Å². The number of H-pyrrole nitrogens is 1. The number of hydrogen-bond acceptors (Lipinski definition) is 5. The zero-order valence-electron chi connectivity index (χ0n) is 16.5. The molecule has 0 spiro atoms. The Morgan fingerprint density at radius 2 is 1.90 bits per heavy atom. The van der Waals surface area contributed by atoms with Gasteiger partial charge in [0.25, 0.3) is 5.56 Å². The number of anilines is 1. The van der Waals surface area contributed by atoms with Gasteiger partial charge in [-0.2, -0.15) is 13.2 Å². The van der Waals surface area contributed by atoms with Gasteiger partial charge in [0.2, 0.25) is 0 Å². The maximum absolute atomic E-state index is 15.4. The molecule has 2 unspecified atom stereocenters. The number of benzene rings is 1. The van der Waals surface area contributed by atoms with E-state index in [0.717, 1.165) is 0 Å². The summed E-state index contributed by atoms with van der Waals surface area (Å²) in [7, 11) is 1.24. The van der Waals surface area contributed by atoms with Crippen molar-refractivity contribution in [2.24, 2.45) is 17.6 Å². The van der Waals surface area contributed by atoms with Crippen molar-refractivity contribution in [2.75, 3.05) is 31.6 Å². The number of methoxy groups -OCH3 is 1. The highest BCUT2D eigenvalue weighted by Crippen LogP contribution is 2.47. The van der Waals surface area contributed by atoms with Gasteiger partial charge in [0.15, 0.2) is 11.6 Å². The molecule has 1 saturated carbocycles. The van der Waals surface area contributed by atoms with E-state index in [2.05, 4.69) is 4.98 Å². The van der Waals surface area contributed by atoms with Crippen LogP contribution in [-0.4, -0.2) is 42.5 Å². The van der Waals surface area contributed by atoms with E-state index < -0.39 is 41.6 Å². The van der Waals surface area contributed by atoms with Gasteiger partial charge in [-0.1, -0.05) is 0 Å². The molecule has 4 rings (SSSR count). The van der Waals surface area contributed by atoms with E-state index in [1.807, 2.05) is 0 Å². The molecule has 2 aromatic rings. The molecule has 2 fully saturated rings. The smallest absolute Gasteiger partial charge is 0.393 e. The molecular formula is C19H22F4N4O3. The molecule has 0 bridgehead atoms. The van der Waals surface area contributed by atoms with Gasteiger partial charge in [-0.05, 0) is 26.3 Å². The number of ether oxygens (including phenoxy) is 1. The highest BCUT2D eigenvalue weighted by atomic mass is 19.4. The number of nitrogens with zero attached hydrogens (tertiary/aromatic N) is 2. The summed E-state index contributed by atoms with van der Waals surface area (Å²) in [6.45, 7) is 0.565. The number of nitrogens with one attached hydrogen (secondary N) is 1. The standard InChI is InChI=1S/C19H22F4N4O3/c1-8-12-14(27(10-3-4-10)18(29)25-17(12)28)16(30-2)15(13(8)20)26-6-9(5-24)11(7-26)19(21,22)23/h9-11H,3-7,24H2,1-2H3,(H,25,28,29). The lowest BCUT2D eigenvalue weighted by Crippen LogP contribution is -2.33. The summed E-state index contributed by atoms with van der Waals surface area (Å²) in [5, 5.41) is -0.0402. The lowest BCUT2D eigenvalue weighted by molar-refractivity contribution is -0.178. The zero-order valence-corrected chi connectivity index (χ0v) is 16.5. The minimum absolute atomic E-state index is 0.0402. The molecule has 3 N–H and O–H groups in total. The van der Waals surface area contributed by atoms with Gasteiger partial charge in [-0.25, -0.2) is 9.18 Å². The molecular weight excluding hydrogens is 408 g/mol. The van der Waals surface area contributed by atoms with Crippen LogP contribution < -0.4 is 26.6 Å². The Hall–Kier alpha value is -2.56. The van der Waals surface area contributed by atoms with Crippen molar-refractivity contribution in [2.45, 2.75) is 32.0 Å². The molecule has 30 heavy (non-hydrogen) atoms. The number of aryl methyl sites for hydroxylation is 1. The van der Waals surface area contributed by atoms with E-state index in [0.29, 0.717) is 12.8 Å². The summed E-state index contributed by atoms with van der Waals surface area (Å²) in [5.74, 6) is -3.58. The van der Waals surface area contributed by atoms with Crippen LogP contribution in [-0.2, 0) is 0 Å². The number of rotatable bonds is 4. The van der Waals surface area contributed by atoms with Gasteiger partial charge in [-0.15, -0.1) is 0 Å². The van der Waals surface area contributed by atoms with Gasteiger partial charge in [0.05, 0.1) is 18.4 Å². The first-order valence-corrected chi connectivity index (χ1v) is 9.66. The molecule has 1 saturated heterocycles. The van der Waals surface area contributed by atoms with E-state index in [9.17, 15) is 22.8 Å². The molecule has 2 atom stereocenters.